The Morgan fingerprint density at radius 1 is 1.15 bits per heavy atom. The molecule has 3 rings (SSSR count). The summed E-state index contributed by atoms with van der Waals surface area (Å²) in [7, 11) is 0. The van der Waals surface area contributed by atoms with Crippen LogP contribution in [-0.4, -0.2) is 36.4 Å². The third-order valence-corrected chi connectivity index (χ3v) is 4.16. The van der Waals surface area contributed by atoms with Crippen LogP contribution in [0.15, 0.2) is 48.5 Å². The molecule has 0 atom stereocenters. The monoisotopic (exact) mass is 378 g/mol. The van der Waals surface area contributed by atoms with E-state index in [1.54, 1.807) is 6.07 Å². The molecule has 1 aliphatic rings. The molecule has 0 radical (unpaired) electrons. The Kier molecular flexibility index (Phi) is 5.34. The van der Waals surface area contributed by atoms with Crippen LogP contribution in [0.25, 0.3) is 0 Å². The number of rotatable bonds is 4. The highest BCUT2D eigenvalue weighted by Crippen LogP contribution is 2.29. The Labute approximate surface area is 153 Å². The first-order valence-corrected chi connectivity index (χ1v) is 8.28. The molecule has 0 aromatic heterocycles. The molecule has 0 spiro atoms. The van der Waals surface area contributed by atoms with Crippen LogP contribution in [0, 0.1) is 0 Å². The lowest BCUT2D eigenvalue weighted by atomic mass is 10.1. The molecule has 142 valence electrons. The Morgan fingerprint density at radius 2 is 1.93 bits per heavy atom. The van der Waals surface area contributed by atoms with Crippen molar-refractivity contribution in [1.29, 1.82) is 0 Å². The number of alkyl halides is 3. The van der Waals surface area contributed by atoms with Gasteiger partial charge in [-0.3, -0.25) is 9.59 Å². The minimum atomic E-state index is -4.51. The molecular formula is C19H17F3N2O3. The molecule has 5 nitrogen and oxygen atoms in total. The first-order valence-electron chi connectivity index (χ1n) is 8.28. The van der Waals surface area contributed by atoms with Crippen molar-refractivity contribution in [2.24, 2.45) is 0 Å². The van der Waals surface area contributed by atoms with E-state index in [-0.39, 0.29) is 31.2 Å². The van der Waals surface area contributed by atoms with Crippen molar-refractivity contribution >= 4 is 11.8 Å². The molecule has 0 saturated carbocycles. The van der Waals surface area contributed by atoms with Crippen molar-refractivity contribution in [1.82, 2.24) is 10.2 Å². The fourth-order valence-electron chi connectivity index (χ4n) is 2.75. The van der Waals surface area contributed by atoms with Crippen LogP contribution in [-0.2, 0) is 17.5 Å². The molecule has 0 bridgehead atoms. The minimum absolute atomic E-state index is 0.0827. The van der Waals surface area contributed by atoms with Gasteiger partial charge in [-0.05, 0) is 24.3 Å². The standard InChI is InChI=1S/C19H17F3N2O3/c20-19(21,22)15-6-3-5-13(10-15)18(26)23-8-9-24-11-14-4-1-2-7-16(14)27-12-17(24)25/h1-7,10H,8-9,11-12H2,(H,23,26). The normalized spacial score (nSPS) is 14.2. The summed E-state index contributed by atoms with van der Waals surface area (Å²) in [5, 5.41) is 2.55. The van der Waals surface area contributed by atoms with E-state index in [9.17, 15) is 22.8 Å². The van der Waals surface area contributed by atoms with E-state index in [2.05, 4.69) is 5.32 Å². The molecular weight excluding hydrogens is 361 g/mol. The van der Waals surface area contributed by atoms with Gasteiger partial charge in [0.05, 0.1) is 5.56 Å². The zero-order valence-electron chi connectivity index (χ0n) is 14.3. The molecule has 27 heavy (non-hydrogen) atoms. The fourth-order valence-corrected chi connectivity index (χ4v) is 2.75. The molecule has 1 aliphatic heterocycles. The number of hydrogen-bond donors (Lipinski definition) is 1. The summed E-state index contributed by atoms with van der Waals surface area (Å²) >= 11 is 0. The van der Waals surface area contributed by atoms with Crippen molar-refractivity contribution in [3.63, 3.8) is 0 Å². The zero-order valence-corrected chi connectivity index (χ0v) is 14.3. The first-order chi connectivity index (χ1) is 12.8. The molecule has 2 aromatic rings. The summed E-state index contributed by atoms with van der Waals surface area (Å²) in [6, 6.07) is 11.5. The van der Waals surface area contributed by atoms with Gasteiger partial charge < -0.3 is 15.0 Å². The van der Waals surface area contributed by atoms with Gasteiger partial charge in [0.25, 0.3) is 11.8 Å². The van der Waals surface area contributed by atoms with Crippen LogP contribution in [0.3, 0.4) is 0 Å². The minimum Gasteiger partial charge on any atom is -0.483 e. The summed E-state index contributed by atoms with van der Waals surface area (Å²) in [4.78, 5) is 25.8. The van der Waals surface area contributed by atoms with Crippen LogP contribution >= 0.6 is 0 Å². The highest BCUT2D eigenvalue weighted by Gasteiger charge is 2.31. The number of carbonyl (C=O) groups excluding carboxylic acids is 2. The van der Waals surface area contributed by atoms with Crippen LogP contribution in [0.5, 0.6) is 5.75 Å². The van der Waals surface area contributed by atoms with Crippen molar-refractivity contribution in [2.75, 3.05) is 19.7 Å². The second kappa shape index (κ2) is 7.69. The fraction of sp³-hybridized carbons (Fsp3) is 0.263. The topological polar surface area (TPSA) is 58.6 Å². The quantitative estimate of drug-likeness (QED) is 0.890. The number of hydrogen-bond acceptors (Lipinski definition) is 3. The largest absolute Gasteiger partial charge is 0.483 e. The smallest absolute Gasteiger partial charge is 0.416 e. The maximum absolute atomic E-state index is 12.7. The lowest BCUT2D eigenvalue weighted by molar-refractivity contribution is -0.137. The Hall–Kier alpha value is -3.03. The van der Waals surface area contributed by atoms with Gasteiger partial charge in [-0.2, -0.15) is 13.2 Å². The number of halogens is 3. The average molecular weight is 378 g/mol. The van der Waals surface area contributed by atoms with Gasteiger partial charge in [0, 0.05) is 30.8 Å². The number of nitrogens with zero attached hydrogens (tertiary/aromatic N) is 1. The average Bonchev–Trinajstić information content (AvgIpc) is 2.80. The van der Waals surface area contributed by atoms with Crippen molar-refractivity contribution in [3.8, 4) is 5.75 Å². The molecule has 8 heteroatoms. The molecule has 2 aromatic carbocycles. The maximum atomic E-state index is 12.7. The second-order valence-corrected chi connectivity index (χ2v) is 6.05. The number of para-hydroxylation sites is 1. The van der Waals surface area contributed by atoms with E-state index in [1.165, 1.54) is 17.0 Å². The molecule has 2 amide bonds. The third kappa shape index (κ3) is 4.58. The van der Waals surface area contributed by atoms with Gasteiger partial charge in [0.2, 0.25) is 0 Å². The van der Waals surface area contributed by atoms with Crippen molar-refractivity contribution in [2.45, 2.75) is 12.7 Å². The number of benzene rings is 2. The molecule has 1 heterocycles. The van der Waals surface area contributed by atoms with Crippen LogP contribution < -0.4 is 10.1 Å². The van der Waals surface area contributed by atoms with Gasteiger partial charge in [0.15, 0.2) is 6.61 Å². The number of carbonyl (C=O) groups is 2. The van der Waals surface area contributed by atoms with Crippen LogP contribution in [0.4, 0.5) is 13.2 Å². The summed E-state index contributed by atoms with van der Waals surface area (Å²) in [6.07, 6.45) is -4.51. The summed E-state index contributed by atoms with van der Waals surface area (Å²) in [6.45, 7) is 0.581. The SMILES string of the molecule is O=C(NCCN1Cc2ccccc2OCC1=O)c1cccc(C(F)(F)F)c1. The maximum Gasteiger partial charge on any atom is 0.416 e. The lowest BCUT2D eigenvalue weighted by Gasteiger charge is -2.20. The van der Waals surface area contributed by atoms with Gasteiger partial charge in [-0.1, -0.05) is 24.3 Å². The highest BCUT2D eigenvalue weighted by molar-refractivity contribution is 5.94. The predicted molar refractivity (Wildman–Crippen MR) is 91.1 cm³/mol. The van der Waals surface area contributed by atoms with Gasteiger partial charge in [0.1, 0.15) is 5.75 Å². The van der Waals surface area contributed by atoms with Crippen molar-refractivity contribution < 1.29 is 27.5 Å². The van der Waals surface area contributed by atoms with Gasteiger partial charge in [-0.15, -0.1) is 0 Å². The highest BCUT2D eigenvalue weighted by atomic mass is 19.4. The zero-order chi connectivity index (χ0) is 19.4. The first kappa shape index (κ1) is 18.8. The van der Waals surface area contributed by atoms with E-state index >= 15 is 0 Å². The number of nitrogens with one attached hydrogen (secondary N) is 1. The number of amides is 2. The van der Waals surface area contributed by atoms with Gasteiger partial charge in [-0.25, -0.2) is 0 Å². The predicted octanol–water partition coefficient (Wildman–Crippen LogP) is 2.86. The molecule has 0 unspecified atom stereocenters. The molecule has 0 aliphatic carbocycles. The number of fused-ring (bicyclic) bond motifs is 1. The van der Waals surface area contributed by atoms with E-state index < -0.39 is 17.6 Å². The lowest BCUT2D eigenvalue weighted by Crippen LogP contribution is -2.39. The van der Waals surface area contributed by atoms with Crippen LogP contribution in [0.1, 0.15) is 21.5 Å². The van der Waals surface area contributed by atoms with E-state index in [0.717, 1.165) is 17.7 Å². The second-order valence-electron chi connectivity index (χ2n) is 6.05. The molecule has 1 N–H and O–H groups in total. The van der Waals surface area contributed by atoms with E-state index in [1.807, 2.05) is 18.2 Å². The van der Waals surface area contributed by atoms with E-state index in [4.69, 9.17) is 4.74 Å². The summed E-state index contributed by atoms with van der Waals surface area (Å²) in [5.41, 5.74) is -0.111. The Bertz CT molecular complexity index is 852. The molecule has 0 fully saturated rings. The van der Waals surface area contributed by atoms with Gasteiger partial charge >= 0.3 is 6.18 Å². The summed E-state index contributed by atoms with van der Waals surface area (Å²) < 4.78 is 43.7. The Morgan fingerprint density at radius 3 is 2.70 bits per heavy atom. The van der Waals surface area contributed by atoms with Crippen LogP contribution in [0.2, 0.25) is 0 Å². The third-order valence-electron chi connectivity index (χ3n) is 4.16. The Balaban J connectivity index is 1.59. The molecule has 0 saturated heterocycles. The van der Waals surface area contributed by atoms with Crippen molar-refractivity contribution in [3.05, 3.63) is 65.2 Å². The van der Waals surface area contributed by atoms with E-state index in [0.29, 0.717) is 12.3 Å². The number of ether oxygens (including phenoxy) is 1. The summed E-state index contributed by atoms with van der Waals surface area (Å²) in [5.74, 6) is -0.208.